The Morgan fingerprint density at radius 3 is 2.67 bits per heavy atom. The van der Waals surface area contributed by atoms with E-state index in [1.54, 1.807) is 19.0 Å². The topological polar surface area (TPSA) is 70.2 Å². The summed E-state index contributed by atoms with van der Waals surface area (Å²) in [5, 5.41) is 0. The monoisotopic (exact) mass is 353 g/mol. The van der Waals surface area contributed by atoms with E-state index >= 15 is 0 Å². The van der Waals surface area contributed by atoms with Crippen LogP contribution >= 0.6 is 0 Å². The largest absolute Gasteiger partial charge is 0.374 e. The highest BCUT2D eigenvalue weighted by Crippen LogP contribution is 2.25. The first-order valence-electron chi connectivity index (χ1n) is 8.02. The molecule has 0 bridgehead atoms. The molecule has 2 heterocycles. The van der Waals surface area contributed by atoms with Crippen LogP contribution in [-0.2, 0) is 26.3 Å². The van der Waals surface area contributed by atoms with E-state index in [0.717, 1.165) is 5.56 Å². The molecule has 24 heavy (non-hydrogen) atoms. The molecule has 0 radical (unpaired) electrons. The van der Waals surface area contributed by atoms with Gasteiger partial charge in [0.25, 0.3) is 10.2 Å². The van der Waals surface area contributed by atoms with Crippen molar-refractivity contribution in [1.82, 2.24) is 13.5 Å². The molecule has 2 fully saturated rings. The van der Waals surface area contributed by atoms with Crippen LogP contribution in [0.5, 0.6) is 0 Å². The van der Waals surface area contributed by atoms with Crippen molar-refractivity contribution in [2.75, 3.05) is 33.8 Å². The molecule has 1 amide bonds. The maximum atomic E-state index is 12.8. The predicted molar refractivity (Wildman–Crippen MR) is 89.3 cm³/mol. The Hall–Kier alpha value is -1.48. The minimum atomic E-state index is -3.60. The number of nitrogens with zero attached hydrogens (tertiary/aromatic N) is 3. The zero-order valence-electron chi connectivity index (χ0n) is 14.0. The van der Waals surface area contributed by atoms with Crippen molar-refractivity contribution in [2.24, 2.45) is 0 Å². The van der Waals surface area contributed by atoms with Gasteiger partial charge in [-0.15, -0.1) is 0 Å². The van der Waals surface area contributed by atoms with Crippen LogP contribution in [0, 0.1) is 0 Å². The number of benzene rings is 1. The first-order chi connectivity index (χ1) is 11.4. The highest BCUT2D eigenvalue weighted by atomic mass is 32.2. The van der Waals surface area contributed by atoms with Gasteiger partial charge in [0.1, 0.15) is 0 Å². The van der Waals surface area contributed by atoms with Gasteiger partial charge in [-0.2, -0.15) is 17.0 Å². The highest BCUT2D eigenvalue weighted by Gasteiger charge is 2.44. The van der Waals surface area contributed by atoms with Crippen molar-refractivity contribution in [1.29, 1.82) is 0 Å². The van der Waals surface area contributed by atoms with E-state index in [2.05, 4.69) is 0 Å². The zero-order chi connectivity index (χ0) is 17.3. The molecule has 2 aliphatic rings. The molecule has 0 saturated carbocycles. The van der Waals surface area contributed by atoms with Crippen LogP contribution in [0.2, 0.25) is 0 Å². The van der Waals surface area contributed by atoms with E-state index in [9.17, 15) is 13.2 Å². The van der Waals surface area contributed by atoms with Crippen LogP contribution in [0.4, 0.5) is 0 Å². The lowest BCUT2D eigenvalue weighted by atomic mass is 10.2. The Kier molecular flexibility index (Phi) is 4.91. The van der Waals surface area contributed by atoms with E-state index in [-0.39, 0.29) is 31.1 Å². The van der Waals surface area contributed by atoms with Crippen molar-refractivity contribution < 1.29 is 17.9 Å². The van der Waals surface area contributed by atoms with Gasteiger partial charge in [0.2, 0.25) is 5.91 Å². The third-order valence-corrected chi connectivity index (χ3v) is 6.58. The normalized spacial score (nSPS) is 25.8. The van der Waals surface area contributed by atoms with Crippen molar-refractivity contribution in [3.63, 3.8) is 0 Å². The fourth-order valence-corrected chi connectivity index (χ4v) is 4.61. The average Bonchev–Trinajstić information content (AvgIpc) is 2.94. The molecule has 0 aromatic heterocycles. The number of ether oxygens (including phenoxy) is 1. The lowest BCUT2D eigenvalue weighted by molar-refractivity contribution is -0.130. The third kappa shape index (κ3) is 3.32. The van der Waals surface area contributed by atoms with Gasteiger partial charge < -0.3 is 9.64 Å². The molecule has 2 atom stereocenters. The second-order valence-corrected chi connectivity index (χ2v) is 8.33. The molecule has 0 aliphatic carbocycles. The number of hydrogen-bond acceptors (Lipinski definition) is 4. The molecule has 0 unspecified atom stereocenters. The van der Waals surface area contributed by atoms with Gasteiger partial charge in [-0.05, 0) is 5.56 Å². The molecule has 0 spiro atoms. The van der Waals surface area contributed by atoms with Gasteiger partial charge >= 0.3 is 0 Å². The quantitative estimate of drug-likeness (QED) is 0.780. The van der Waals surface area contributed by atoms with E-state index in [4.69, 9.17) is 4.74 Å². The predicted octanol–water partition coefficient (Wildman–Crippen LogP) is 0.295. The first-order valence-corrected chi connectivity index (χ1v) is 9.42. The van der Waals surface area contributed by atoms with Crippen molar-refractivity contribution in [2.45, 2.75) is 25.1 Å². The Bertz CT molecular complexity index is 695. The highest BCUT2D eigenvalue weighted by molar-refractivity contribution is 7.86. The Balaban J connectivity index is 1.73. The minimum Gasteiger partial charge on any atom is -0.374 e. The lowest BCUT2D eigenvalue weighted by Crippen LogP contribution is -2.44. The van der Waals surface area contributed by atoms with Crippen LogP contribution in [0.3, 0.4) is 0 Å². The molecule has 1 aromatic carbocycles. The van der Waals surface area contributed by atoms with Crippen molar-refractivity contribution in [3.8, 4) is 0 Å². The summed E-state index contributed by atoms with van der Waals surface area (Å²) < 4.78 is 34.2. The summed E-state index contributed by atoms with van der Waals surface area (Å²) in [6.07, 6.45) is 0.0887. The molecule has 2 aliphatic heterocycles. The van der Waals surface area contributed by atoms with Crippen molar-refractivity contribution >= 4 is 16.1 Å². The summed E-state index contributed by atoms with van der Waals surface area (Å²) in [5.74, 6) is -0.000567. The molecule has 1 aromatic rings. The van der Waals surface area contributed by atoms with E-state index in [1.807, 2.05) is 30.3 Å². The molecular weight excluding hydrogens is 330 g/mol. The van der Waals surface area contributed by atoms with Crippen molar-refractivity contribution in [3.05, 3.63) is 35.9 Å². The fourth-order valence-electron chi connectivity index (χ4n) is 3.23. The number of amides is 1. The summed E-state index contributed by atoms with van der Waals surface area (Å²) in [5.41, 5.74) is 0.931. The van der Waals surface area contributed by atoms with E-state index < -0.39 is 10.2 Å². The fraction of sp³-hybridized carbons (Fsp3) is 0.562. The summed E-state index contributed by atoms with van der Waals surface area (Å²) in [4.78, 5) is 13.6. The second-order valence-electron chi connectivity index (χ2n) is 6.30. The summed E-state index contributed by atoms with van der Waals surface area (Å²) >= 11 is 0. The summed E-state index contributed by atoms with van der Waals surface area (Å²) in [6, 6.07) is 9.25. The van der Waals surface area contributed by atoms with E-state index in [0.29, 0.717) is 19.6 Å². The SMILES string of the molecule is CN1C(=O)CCO[C@H]2CN(S(=O)(=O)N(C)Cc3ccccc3)C[C@@H]21. The molecule has 0 N–H and O–H groups in total. The van der Waals surface area contributed by atoms with Crippen LogP contribution in [0.25, 0.3) is 0 Å². The summed E-state index contributed by atoms with van der Waals surface area (Å²) in [7, 11) is -0.303. The van der Waals surface area contributed by atoms with Crippen LogP contribution in [0.1, 0.15) is 12.0 Å². The maximum absolute atomic E-state index is 12.8. The lowest BCUT2D eigenvalue weighted by Gasteiger charge is -2.26. The second kappa shape index (κ2) is 6.79. The Morgan fingerprint density at radius 2 is 1.96 bits per heavy atom. The van der Waals surface area contributed by atoms with Crippen LogP contribution in [0.15, 0.2) is 30.3 Å². The van der Waals surface area contributed by atoms with Gasteiger partial charge in [0, 0.05) is 33.7 Å². The molecule has 132 valence electrons. The number of hydrogen-bond donors (Lipinski definition) is 0. The van der Waals surface area contributed by atoms with Gasteiger partial charge in [-0.3, -0.25) is 4.79 Å². The zero-order valence-corrected chi connectivity index (χ0v) is 14.8. The minimum absolute atomic E-state index is 0.000567. The van der Waals surface area contributed by atoms with Gasteiger partial charge in [0.05, 0.1) is 25.2 Å². The first kappa shape index (κ1) is 17.3. The smallest absolute Gasteiger partial charge is 0.282 e. The van der Waals surface area contributed by atoms with Gasteiger partial charge in [0.15, 0.2) is 0 Å². The Morgan fingerprint density at radius 1 is 1.25 bits per heavy atom. The standard InChI is InChI=1S/C16H23N3O4S/c1-17(10-13-6-4-3-5-7-13)24(21,22)19-11-14-15(12-19)23-9-8-16(20)18(14)2/h3-7,14-15H,8-12H2,1-2H3/t14-,15-/m0/s1. The number of rotatable bonds is 4. The molecule has 2 saturated heterocycles. The number of carbonyl (C=O) groups is 1. The average molecular weight is 353 g/mol. The van der Waals surface area contributed by atoms with Crippen LogP contribution in [-0.4, -0.2) is 73.8 Å². The maximum Gasteiger partial charge on any atom is 0.282 e. The number of carbonyl (C=O) groups excluding carboxylic acids is 1. The molecule has 3 rings (SSSR count). The van der Waals surface area contributed by atoms with Gasteiger partial charge in [-0.1, -0.05) is 30.3 Å². The molecular formula is C16H23N3O4S. The Labute approximate surface area is 143 Å². The molecule has 8 heteroatoms. The molecule has 7 nitrogen and oxygen atoms in total. The number of likely N-dealkylation sites (N-methyl/N-ethyl adjacent to an activating group) is 1. The van der Waals surface area contributed by atoms with E-state index in [1.165, 1.54) is 8.61 Å². The van der Waals surface area contributed by atoms with Gasteiger partial charge in [-0.25, -0.2) is 0 Å². The van der Waals surface area contributed by atoms with Crippen LogP contribution < -0.4 is 0 Å². The third-order valence-electron chi connectivity index (χ3n) is 4.71. The number of fused-ring (bicyclic) bond motifs is 1. The summed E-state index contributed by atoms with van der Waals surface area (Å²) in [6.45, 7) is 1.21.